The van der Waals surface area contributed by atoms with Gasteiger partial charge in [0.1, 0.15) is 17.9 Å². The molecule has 0 amide bonds. The summed E-state index contributed by atoms with van der Waals surface area (Å²) in [6.07, 6.45) is 10.9. The van der Waals surface area contributed by atoms with E-state index in [1.54, 1.807) is 6.08 Å². The number of aryl methyl sites for hydroxylation is 2. The molecule has 5 heteroatoms. The van der Waals surface area contributed by atoms with Gasteiger partial charge in [0.15, 0.2) is 0 Å². The quantitative estimate of drug-likeness (QED) is 0.221. The number of aromatic nitrogens is 2. The number of ketones is 1. The van der Waals surface area contributed by atoms with Crippen molar-refractivity contribution in [1.29, 1.82) is 0 Å². The minimum Gasteiger partial charge on any atom is -0.377 e. The zero-order valence-electron chi connectivity index (χ0n) is 22.7. The molecule has 3 rings (SSSR count). The summed E-state index contributed by atoms with van der Waals surface area (Å²) in [4.78, 5) is 28.1. The van der Waals surface area contributed by atoms with Crippen molar-refractivity contribution in [1.82, 2.24) is 9.55 Å². The van der Waals surface area contributed by atoms with Gasteiger partial charge in [-0.2, -0.15) is 0 Å². The average Bonchev–Trinajstić information content (AvgIpc) is 3.50. The third kappa shape index (κ3) is 6.91. The van der Waals surface area contributed by atoms with E-state index < -0.39 is 5.41 Å². The van der Waals surface area contributed by atoms with Gasteiger partial charge >= 0.3 is 0 Å². The molecule has 35 heavy (non-hydrogen) atoms. The monoisotopic (exact) mass is 480 g/mol. The number of methoxy groups -OCH3 is 1. The van der Waals surface area contributed by atoms with Gasteiger partial charge in [0.05, 0.1) is 17.1 Å². The number of aldehydes is 1. The van der Waals surface area contributed by atoms with Gasteiger partial charge in [0, 0.05) is 25.5 Å². The van der Waals surface area contributed by atoms with Gasteiger partial charge in [0.25, 0.3) is 0 Å². The van der Waals surface area contributed by atoms with Crippen LogP contribution < -0.4 is 0 Å². The van der Waals surface area contributed by atoms with E-state index in [0.29, 0.717) is 5.92 Å². The lowest BCUT2D eigenvalue weighted by molar-refractivity contribution is -0.129. The number of ether oxygens (including phenoxy) is 1. The van der Waals surface area contributed by atoms with E-state index in [1.165, 1.54) is 30.9 Å². The lowest BCUT2D eigenvalue weighted by Gasteiger charge is -2.25. The van der Waals surface area contributed by atoms with Crippen molar-refractivity contribution < 1.29 is 14.3 Å². The fraction of sp³-hybridized carbons (Fsp3) is 0.633. The zero-order valence-corrected chi connectivity index (χ0v) is 22.7. The van der Waals surface area contributed by atoms with Crippen molar-refractivity contribution in [3.8, 4) is 0 Å². The maximum absolute atomic E-state index is 12.8. The van der Waals surface area contributed by atoms with E-state index in [1.807, 2.05) is 34.8 Å². The van der Waals surface area contributed by atoms with Crippen molar-refractivity contribution in [2.24, 2.45) is 36.1 Å². The highest BCUT2D eigenvalue weighted by molar-refractivity contribution is 5.88. The second-order valence-electron chi connectivity index (χ2n) is 11.4. The third-order valence-electron chi connectivity index (χ3n) is 8.07. The minimum atomic E-state index is -0.584. The van der Waals surface area contributed by atoms with Gasteiger partial charge in [-0.1, -0.05) is 45.3 Å². The van der Waals surface area contributed by atoms with Crippen LogP contribution in [-0.4, -0.2) is 28.7 Å². The van der Waals surface area contributed by atoms with E-state index in [2.05, 4.69) is 41.7 Å². The molecule has 0 radical (unpaired) electrons. The Morgan fingerprint density at radius 1 is 1.29 bits per heavy atom. The predicted octanol–water partition coefficient (Wildman–Crippen LogP) is 6.78. The van der Waals surface area contributed by atoms with Crippen molar-refractivity contribution in [3.63, 3.8) is 0 Å². The number of fused-ring (bicyclic) bond motifs is 1. The number of carbonyl (C=O) groups is 2. The van der Waals surface area contributed by atoms with Crippen LogP contribution in [0.2, 0.25) is 0 Å². The van der Waals surface area contributed by atoms with Crippen LogP contribution in [0, 0.1) is 36.0 Å². The lowest BCUT2D eigenvalue weighted by atomic mass is 9.78. The van der Waals surface area contributed by atoms with Gasteiger partial charge in [0.2, 0.25) is 0 Å². The molecule has 0 N–H and O–H groups in total. The number of rotatable bonds is 14. The molecule has 5 atom stereocenters. The Hall–Kier alpha value is -2.27. The van der Waals surface area contributed by atoms with Gasteiger partial charge in [-0.25, -0.2) is 4.98 Å². The van der Waals surface area contributed by atoms with Crippen LogP contribution >= 0.6 is 0 Å². The molecular formula is C30H44N2O3. The Bertz CT molecular complexity index is 1050. The largest absolute Gasteiger partial charge is 0.377 e. The molecule has 1 fully saturated rings. The minimum absolute atomic E-state index is 0.00710. The highest BCUT2D eigenvalue weighted by Gasteiger charge is 2.38. The number of nitrogens with zero attached hydrogens (tertiary/aromatic N) is 2. The maximum Gasteiger partial charge on any atom is 0.145 e. The number of imidazole rings is 1. The summed E-state index contributed by atoms with van der Waals surface area (Å²) in [5, 5.41) is 0. The summed E-state index contributed by atoms with van der Waals surface area (Å²) in [5.74, 6) is 3.31. The summed E-state index contributed by atoms with van der Waals surface area (Å²) in [5.41, 5.74) is 2.85. The smallest absolute Gasteiger partial charge is 0.145 e. The molecule has 3 unspecified atom stereocenters. The highest BCUT2D eigenvalue weighted by atomic mass is 16.5. The third-order valence-corrected chi connectivity index (χ3v) is 8.07. The molecule has 2 aromatic rings. The summed E-state index contributed by atoms with van der Waals surface area (Å²) >= 11 is 0. The Kier molecular flexibility index (Phi) is 9.09. The fourth-order valence-corrected chi connectivity index (χ4v) is 5.69. The number of carbonyl (C=O) groups excluding carboxylic acids is 2. The van der Waals surface area contributed by atoms with Crippen molar-refractivity contribution >= 4 is 23.1 Å². The molecule has 1 heterocycles. The second kappa shape index (κ2) is 11.6. The molecule has 5 nitrogen and oxygen atoms in total. The van der Waals surface area contributed by atoms with Crippen LogP contribution in [0.15, 0.2) is 30.4 Å². The first kappa shape index (κ1) is 27.3. The van der Waals surface area contributed by atoms with Crippen LogP contribution in [0.4, 0.5) is 0 Å². The standard InChI is InChI=1S/C30H44N2O3/c1-20(16-21(2)29(34)30(4,5)14-9-15-33)10-8-11-23-17-25(23)19-28(35-7)24-12-13-27-26(18-24)31-22(3)32(27)6/h9,12-15,18,20-21,23,25,28H,8,10-11,16-17,19H2,1-7H3/b14-9+/t20-,21+,23?,25?,28?/m0/s1. The first-order valence-corrected chi connectivity index (χ1v) is 13.2. The molecule has 0 saturated heterocycles. The maximum atomic E-state index is 12.8. The predicted molar refractivity (Wildman–Crippen MR) is 142 cm³/mol. The van der Waals surface area contributed by atoms with Crippen LogP contribution in [0.5, 0.6) is 0 Å². The lowest BCUT2D eigenvalue weighted by Crippen LogP contribution is -2.29. The average molecular weight is 481 g/mol. The first-order valence-electron chi connectivity index (χ1n) is 13.2. The summed E-state index contributed by atoms with van der Waals surface area (Å²) in [7, 11) is 3.87. The normalized spacial score (nSPS) is 20.8. The number of Topliss-reactive ketones (excluding diaryl/α,β-unsaturated/α-hetero) is 1. The van der Waals surface area contributed by atoms with E-state index in [4.69, 9.17) is 4.74 Å². The number of benzene rings is 1. The first-order chi connectivity index (χ1) is 16.6. The van der Waals surface area contributed by atoms with Gasteiger partial charge in [-0.05, 0) is 81.6 Å². The van der Waals surface area contributed by atoms with E-state index in [-0.39, 0.29) is 17.8 Å². The number of hydrogen-bond acceptors (Lipinski definition) is 4. The molecule has 1 aromatic carbocycles. The molecule has 0 bridgehead atoms. The van der Waals surface area contributed by atoms with Gasteiger partial charge < -0.3 is 9.30 Å². The highest BCUT2D eigenvalue weighted by Crippen LogP contribution is 2.48. The molecule has 0 aliphatic heterocycles. The Labute approximate surface area is 211 Å². The van der Waals surface area contributed by atoms with Crippen LogP contribution in [0.3, 0.4) is 0 Å². The van der Waals surface area contributed by atoms with E-state index >= 15 is 0 Å². The molecule has 1 aliphatic carbocycles. The molecule has 1 aromatic heterocycles. The van der Waals surface area contributed by atoms with Crippen molar-refractivity contribution in [2.75, 3.05) is 7.11 Å². The van der Waals surface area contributed by atoms with Crippen LogP contribution in [0.25, 0.3) is 11.0 Å². The Morgan fingerprint density at radius 3 is 2.71 bits per heavy atom. The molecule has 192 valence electrons. The topological polar surface area (TPSA) is 61.2 Å². The molecule has 0 spiro atoms. The second-order valence-corrected chi connectivity index (χ2v) is 11.4. The van der Waals surface area contributed by atoms with E-state index in [9.17, 15) is 9.59 Å². The Morgan fingerprint density at radius 2 is 2.03 bits per heavy atom. The van der Waals surface area contributed by atoms with Gasteiger partial charge in [-0.3, -0.25) is 9.59 Å². The van der Waals surface area contributed by atoms with Crippen molar-refractivity contribution in [3.05, 3.63) is 41.7 Å². The molecule has 1 saturated carbocycles. The summed E-state index contributed by atoms with van der Waals surface area (Å²) < 4.78 is 8.02. The van der Waals surface area contributed by atoms with Gasteiger partial charge in [-0.15, -0.1) is 0 Å². The molecular weight excluding hydrogens is 436 g/mol. The number of allylic oxidation sites excluding steroid dienone is 2. The Balaban J connectivity index is 1.42. The van der Waals surface area contributed by atoms with Crippen molar-refractivity contribution in [2.45, 2.75) is 79.2 Å². The fourth-order valence-electron chi connectivity index (χ4n) is 5.69. The number of hydrogen-bond donors (Lipinski definition) is 0. The SMILES string of the molecule is COC(CC1CC1CCC[C@H](C)C[C@@H](C)C(=O)C(C)(C)/C=C/C=O)c1ccc2c(c1)nc(C)n2C. The van der Waals surface area contributed by atoms with E-state index in [0.717, 1.165) is 54.2 Å². The summed E-state index contributed by atoms with van der Waals surface area (Å²) in [6, 6.07) is 6.54. The summed E-state index contributed by atoms with van der Waals surface area (Å²) in [6.45, 7) is 10.1. The van der Waals surface area contributed by atoms with Crippen LogP contribution in [-0.2, 0) is 21.4 Å². The zero-order chi connectivity index (χ0) is 25.8. The molecule has 1 aliphatic rings. The van der Waals surface area contributed by atoms with Crippen LogP contribution in [0.1, 0.15) is 83.7 Å².